The van der Waals surface area contributed by atoms with E-state index in [1.807, 2.05) is 41.3 Å². The fourth-order valence-corrected chi connectivity index (χ4v) is 4.00. The van der Waals surface area contributed by atoms with Gasteiger partial charge in [0.15, 0.2) is 10.6 Å². The maximum absolute atomic E-state index is 12.8. The molecule has 0 N–H and O–H groups in total. The lowest BCUT2D eigenvalue weighted by Gasteiger charge is -2.25. The Morgan fingerprint density at radius 2 is 2.00 bits per heavy atom. The highest BCUT2D eigenvalue weighted by molar-refractivity contribution is 7.07. The number of hydrogen-bond donors (Lipinski definition) is 0. The maximum Gasteiger partial charge on any atom is 0.271 e. The van der Waals surface area contributed by atoms with E-state index in [2.05, 4.69) is 4.99 Å². The van der Waals surface area contributed by atoms with Gasteiger partial charge >= 0.3 is 0 Å². The smallest absolute Gasteiger partial charge is 0.271 e. The third-order valence-electron chi connectivity index (χ3n) is 4.36. The highest BCUT2D eigenvalue weighted by Gasteiger charge is 2.16. The molecule has 0 radical (unpaired) electrons. The Morgan fingerprint density at radius 3 is 2.74 bits per heavy atom. The van der Waals surface area contributed by atoms with Gasteiger partial charge in [-0.25, -0.2) is 4.99 Å². The minimum absolute atomic E-state index is 0.0130. The molecule has 0 atom stereocenters. The van der Waals surface area contributed by atoms with E-state index >= 15 is 0 Å². The van der Waals surface area contributed by atoms with Gasteiger partial charge in [0, 0.05) is 16.3 Å². The monoisotopic (exact) mass is 397 g/mol. The van der Waals surface area contributed by atoms with Gasteiger partial charge in [0.25, 0.3) is 5.56 Å². The van der Waals surface area contributed by atoms with Gasteiger partial charge in [0.05, 0.1) is 4.53 Å². The molecule has 27 heavy (non-hydrogen) atoms. The van der Waals surface area contributed by atoms with Gasteiger partial charge in [-0.05, 0) is 42.8 Å². The van der Waals surface area contributed by atoms with Crippen LogP contribution in [0.3, 0.4) is 0 Å². The van der Waals surface area contributed by atoms with Crippen LogP contribution in [0.2, 0.25) is 5.02 Å². The van der Waals surface area contributed by atoms with Gasteiger partial charge in [0.1, 0.15) is 13.3 Å². The number of aromatic nitrogens is 1. The molecule has 2 aromatic carbocycles. The number of thiazole rings is 1. The molecule has 0 bridgehead atoms. The lowest BCUT2D eigenvalue weighted by atomic mass is 10.1. The van der Waals surface area contributed by atoms with Gasteiger partial charge in [-0.3, -0.25) is 14.2 Å². The zero-order valence-corrected chi connectivity index (χ0v) is 16.1. The molecule has 1 aromatic heterocycles. The van der Waals surface area contributed by atoms with Gasteiger partial charge in [-0.15, -0.1) is 0 Å². The van der Waals surface area contributed by atoms with Crippen LogP contribution in [0.15, 0.2) is 58.3 Å². The summed E-state index contributed by atoms with van der Waals surface area (Å²) in [5.74, 6) is 0.0130. The molecule has 2 heterocycles. The van der Waals surface area contributed by atoms with Gasteiger partial charge in [0.2, 0.25) is 0 Å². The highest BCUT2D eigenvalue weighted by Crippen LogP contribution is 2.18. The van der Waals surface area contributed by atoms with Crippen molar-refractivity contribution < 1.29 is 4.79 Å². The summed E-state index contributed by atoms with van der Waals surface area (Å²) in [4.78, 5) is 31.7. The SMILES string of the molecule is CC(=O)c1cccc(N2CN=c3s/c(=C\c4ccc(Cl)cc4)c(=O)n3C2)c1. The first-order valence-electron chi connectivity index (χ1n) is 8.38. The van der Waals surface area contributed by atoms with Crippen LogP contribution in [0, 0.1) is 0 Å². The number of halogens is 1. The minimum Gasteiger partial charge on any atom is -0.334 e. The number of anilines is 1. The van der Waals surface area contributed by atoms with Crippen molar-refractivity contribution in [2.24, 2.45) is 4.99 Å². The number of hydrogen-bond acceptors (Lipinski definition) is 5. The van der Waals surface area contributed by atoms with Crippen LogP contribution in [0.5, 0.6) is 0 Å². The fraction of sp³-hybridized carbons (Fsp3) is 0.150. The summed E-state index contributed by atoms with van der Waals surface area (Å²) >= 11 is 7.30. The predicted octanol–water partition coefficient (Wildman–Crippen LogP) is 2.65. The Balaban J connectivity index is 1.69. The molecule has 1 aliphatic heterocycles. The topological polar surface area (TPSA) is 54.7 Å². The minimum atomic E-state index is -0.0684. The fourth-order valence-electron chi connectivity index (χ4n) is 2.91. The van der Waals surface area contributed by atoms with Crippen molar-refractivity contribution in [1.82, 2.24) is 4.57 Å². The molecule has 136 valence electrons. The molecule has 0 amide bonds. The third kappa shape index (κ3) is 3.59. The second kappa shape index (κ2) is 7.13. The van der Waals surface area contributed by atoms with E-state index in [9.17, 15) is 9.59 Å². The Kier molecular flexibility index (Phi) is 4.68. The first-order chi connectivity index (χ1) is 13.0. The Labute approximate surface area is 164 Å². The Bertz CT molecular complexity index is 1200. The Hall–Kier alpha value is -2.70. The number of rotatable bonds is 3. The lowest BCUT2D eigenvalue weighted by molar-refractivity contribution is 0.101. The van der Waals surface area contributed by atoms with Crippen molar-refractivity contribution in [1.29, 1.82) is 0 Å². The van der Waals surface area contributed by atoms with Crippen LogP contribution in [0.25, 0.3) is 6.08 Å². The second-order valence-corrected chi connectivity index (χ2v) is 7.71. The number of nitrogens with zero attached hydrogens (tertiary/aromatic N) is 3. The number of carbonyl (C=O) groups excluding carboxylic acids is 1. The quantitative estimate of drug-likeness (QED) is 0.638. The van der Waals surface area contributed by atoms with Crippen molar-refractivity contribution in [3.05, 3.63) is 84.4 Å². The van der Waals surface area contributed by atoms with Crippen LogP contribution >= 0.6 is 22.9 Å². The zero-order chi connectivity index (χ0) is 19.0. The van der Waals surface area contributed by atoms with E-state index in [1.165, 1.54) is 11.3 Å². The number of fused-ring (bicyclic) bond motifs is 1. The molecule has 5 nitrogen and oxygen atoms in total. The molecular weight excluding hydrogens is 382 g/mol. The molecule has 4 rings (SSSR count). The zero-order valence-electron chi connectivity index (χ0n) is 14.6. The molecule has 0 unspecified atom stereocenters. The van der Waals surface area contributed by atoms with Crippen molar-refractivity contribution >= 4 is 40.5 Å². The number of carbonyl (C=O) groups is 1. The molecule has 1 aliphatic rings. The van der Waals surface area contributed by atoms with E-state index in [4.69, 9.17) is 11.6 Å². The van der Waals surface area contributed by atoms with Crippen molar-refractivity contribution in [2.45, 2.75) is 13.6 Å². The standard InChI is InChI=1S/C20H16ClN3O2S/c1-13(25)15-3-2-4-17(10-15)23-11-22-20-24(12-23)19(26)18(27-20)9-14-5-7-16(21)8-6-14/h2-10H,11-12H2,1H3/b18-9-. The van der Waals surface area contributed by atoms with Crippen molar-refractivity contribution in [2.75, 3.05) is 11.6 Å². The summed E-state index contributed by atoms with van der Waals surface area (Å²) in [6.07, 6.45) is 1.85. The molecule has 0 aliphatic carbocycles. The number of ketones is 1. The number of Topliss-reactive ketones (excluding diaryl/α,β-unsaturated/α-hetero) is 1. The van der Waals surface area contributed by atoms with Crippen LogP contribution in [-0.2, 0) is 6.67 Å². The van der Waals surface area contributed by atoms with Crippen LogP contribution < -0.4 is 19.8 Å². The molecule has 0 fully saturated rings. The van der Waals surface area contributed by atoms with Crippen molar-refractivity contribution in [3.63, 3.8) is 0 Å². The first-order valence-corrected chi connectivity index (χ1v) is 9.58. The predicted molar refractivity (Wildman–Crippen MR) is 108 cm³/mol. The van der Waals surface area contributed by atoms with E-state index in [1.54, 1.807) is 29.7 Å². The summed E-state index contributed by atoms with van der Waals surface area (Å²) in [5.41, 5.74) is 2.37. The van der Waals surface area contributed by atoms with Crippen LogP contribution in [-0.4, -0.2) is 17.0 Å². The molecule has 0 spiro atoms. The summed E-state index contributed by atoms with van der Waals surface area (Å²) < 4.78 is 2.30. The maximum atomic E-state index is 12.8. The van der Waals surface area contributed by atoms with E-state index < -0.39 is 0 Å². The molecule has 7 heteroatoms. The lowest BCUT2D eigenvalue weighted by Crippen LogP contribution is -2.42. The summed E-state index contributed by atoms with van der Waals surface area (Å²) in [7, 11) is 0. The second-order valence-electron chi connectivity index (χ2n) is 6.27. The van der Waals surface area contributed by atoms with Gasteiger partial charge in [-0.2, -0.15) is 0 Å². The van der Waals surface area contributed by atoms with Crippen LogP contribution in [0.4, 0.5) is 5.69 Å². The number of benzene rings is 2. The summed E-state index contributed by atoms with van der Waals surface area (Å²) in [6, 6.07) is 14.7. The summed E-state index contributed by atoms with van der Waals surface area (Å²) in [6.45, 7) is 2.39. The van der Waals surface area contributed by atoms with E-state index in [-0.39, 0.29) is 11.3 Å². The average Bonchev–Trinajstić information content (AvgIpc) is 2.99. The molecule has 0 saturated carbocycles. The van der Waals surface area contributed by atoms with Gasteiger partial charge in [-0.1, -0.05) is 47.2 Å². The van der Waals surface area contributed by atoms with Crippen molar-refractivity contribution in [3.8, 4) is 0 Å². The molecule has 3 aromatic rings. The largest absolute Gasteiger partial charge is 0.334 e. The van der Waals surface area contributed by atoms with Gasteiger partial charge < -0.3 is 4.90 Å². The highest BCUT2D eigenvalue weighted by atomic mass is 35.5. The molecule has 0 saturated heterocycles. The third-order valence-corrected chi connectivity index (χ3v) is 5.66. The summed E-state index contributed by atoms with van der Waals surface area (Å²) in [5, 5.41) is 0.660. The van der Waals surface area contributed by atoms with E-state index in [0.29, 0.717) is 33.3 Å². The molecular formula is C20H16ClN3O2S. The van der Waals surface area contributed by atoms with E-state index in [0.717, 1.165) is 11.3 Å². The first kappa shape index (κ1) is 17.7. The normalized spacial score (nSPS) is 14.0. The average molecular weight is 398 g/mol. The van der Waals surface area contributed by atoms with Crippen LogP contribution in [0.1, 0.15) is 22.8 Å². The Morgan fingerprint density at radius 1 is 1.22 bits per heavy atom.